The van der Waals surface area contributed by atoms with Gasteiger partial charge in [0, 0.05) is 35.4 Å². The Balaban J connectivity index is 1.77. The maximum absolute atomic E-state index is 15.7. The highest BCUT2D eigenvalue weighted by Crippen LogP contribution is 2.54. The van der Waals surface area contributed by atoms with Gasteiger partial charge in [0.1, 0.15) is 6.17 Å². The molecule has 1 aromatic carbocycles. The molecular formula is C25H25FN4O. The van der Waals surface area contributed by atoms with Crippen molar-refractivity contribution in [3.8, 4) is 11.1 Å². The van der Waals surface area contributed by atoms with Crippen LogP contribution in [0.1, 0.15) is 39.2 Å². The standard InChI is InChI=1S/C25H25FN4O/c1-4-25(17-7-5-6-16(12-17)15-8-10-27-11-9-15)18-14-28-30-23(18)29-21-20(25)19(31)13-24(2,3)22(21)26/h5-12,14,22-23,29H,4,13H2,1-3H3/t22-,23?,25-/m1/s1. The highest BCUT2D eigenvalue weighted by Gasteiger charge is 2.56. The molecule has 3 heterocycles. The van der Waals surface area contributed by atoms with Crippen molar-refractivity contribution in [2.24, 2.45) is 15.6 Å². The van der Waals surface area contributed by atoms with Crippen LogP contribution >= 0.6 is 0 Å². The monoisotopic (exact) mass is 416 g/mol. The molecule has 5 rings (SSSR count). The average Bonchev–Trinajstić information content (AvgIpc) is 3.25. The van der Waals surface area contributed by atoms with E-state index in [1.54, 1.807) is 32.4 Å². The summed E-state index contributed by atoms with van der Waals surface area (Å²) in [6.45, 7) is 5.66. The molecular weight excluding hydrogens is 391 g/mol. The Labute approximate surface area is 181 Å². The molecule has 158 valence electrons. The van der Waals surface area contributed by atoms with Crippen LogP contribution in [0.4, 0.5) is 4.39 Å². The number of Topliss-reactive ketones (excluding diaryl/α,β-unsaturated/α-hetero) is 1. The zero-order valence-corrected chi connectivity index (χ0v) is 17.9. The first-order chi connectivity index (χ1) is 14.9. The quantitative estimate of drug-likeness (QED) is 0.742. The molecule has 1 unspecified atom stereocenters. The fourth-order valence-electron chi connectivity index (χ4n) is 5.31. The summed E-state index contributed by atoms with van der Waals surface area (Å²) in [5.41, 5.74) is 3.30. The van der Waals surface area contributed by atoms with Gasteiger partial charge < -0.3 is 5.32 Å². The van der Waals surface area contributed by atoms with E-state index in [-0.39, 0.29) is 12.2 Å². The summed E-state index contributed by atoms with van der Waals surface area (Å²) in [5, 5.41) is 11.7. The largest absolute Gasteiger partial charge is 0.359 e. The van der Waals surface area contributed by atoms with E-state index in [2.05, 4.69) is 26.6 Å². The van der Waals surface area contributed by atoms with Crippen molar-refractivity contribution in [3.63, 3.8) is 0 Å². The van der Waals surface area contributed by atoms with Gasteiger partial charge >= 0.3 is 0 Å². The molecule has 3 aliphatic rings. The minimum atomic E-state index is -1.27. The van der Waals surface area contributed by atoms with Crippen molar-refractivity contribution in [1.29, 1.82) is 0 Å². The van der Waals surface area contributed by atoms with Gasteiger partial charge in [-0.25, -0.2) is 4.39 Å². The van der Waals surface area contributed by atoms with Crippen molar-refractivity contribution in [3.05, 3.63) is 77.4 Å². The molecule has 0 amide bonds. The summed E-state index contributed by atoms with van der Waals surface area (Å²) in [6.07, 6.45) is 4.32. The number of rotatable bonds is 3. The van der Waals surface area contributed by atoms with Crippen LogP contribution in [0.3, 0.4) is 0 Å². The van der Waals surface area contributed by atoms with Crippen molar-refractivity contribution in [2.75, 3.05) is 0 Å². The van der Waals surface area contributed by atoms with Gasteiger partial charge in [-0.2, -0.15) is 10.2 Å². The molecule has 2 aliphatic heterocycles. The Bertz CT molecular complexity index is 1150. The molecule has 6 heteroatoms. The first kappa shape index (κ1) is 19.8. The third kappa shape index (κ3) is 2.81. The smallest absolute Gasteiger partial charge is 0.164 e. The van der Waals surface area contributed by atoms with E-state index in [1.165, 1.54) is 0 Å². The Hall–Kier alpha value is -3.15. The van der Waals surface area contributed by atoms with Crippen LogP contribution in [0.5, 0.6) is 0 Å². The number of fused-ring (bicyclic) bond motifs is 1. The number of azo groups is 1. The van der Waals surface area contributed by atoms with E-state index >= 15 is 4.39 Å². The third-order valence-corrected chi connectivity index (χ3v) is 6.89. The second-order valence-electron chi connectivity index (χ2n) is 9.18. The van der Waals surface area contributed by atoms with Crippen LogP contribution < -0.4 is 5.32 Å². The molecule has 0 saturated heterocycles. The third-order valence-electron chi connectivity index (χ3n) is 6.89. The number of nitrogens with zero attached hydrogens (tertiary/aromatic N) is 3. The molecule has 0 spiro atoms. The number of alkyl halides is 1. The lowest BCUT2D eigenvalue weighted by molar-refractivity contribution is -0.120. The average molecular weight is 417 g/mol. The Morgan fingerprint density at radius 1 is 1.16 bits per heavy atom. The molecule has 1 aliphatic carbocycles. The first-order valence-corrected chi connectivity index (χ1v) is 10.7. The minimum Gasteiger partial charge on any atom is -0.359 e. The summed E-state index contributed by atoms with van der Waals surface area (Å²) in [7, 11) is 0. The Morgan fingerprint density at radius 3 is 2.68 bits per heavy atom. The Kier molecular flexibility index (Phi) is 4.43. The van der Waals surface area contributed by atoms with Gasteiger partial charge in [0.05, 0.1) is 17.3 Å². The molecule has 1 N–H and O–H groups in total. The molecule has 2 aromatic rings. The highest BCUT2D eigenvalue weighted by molar-refractivity contribution is 6.02. The maximum Gasteiger partial charge on any atom is 0.164 e. The van der Waals surface area contributed by atoms with Gasteiger partial charge in [-0.15, -0.1) is 0 Å². The number of aromatic nitrogens is 1. The van der Waals surface area contributed by atoms with E-state index in [4.69, 9.17) is 0 Å². The normalized spacial score (nSPS) is 28.6. The number of allylic oxidation sites excluding steroid dienone is 2. The summed E-state index contributed by atoms with van der Waals surface area (Å²) < 4.78 is 15.7. The van der Waals surface area contributed by atoms with Crippen LogP contribution in [-0.2, 0) is 10.2 Å². The van der Waals surface area contributed by atoms with Gasteiger partial charge in [0.25, 0.3) is 0 Å². The predicted octanol–water partition coefficient (Wildman–Crippen LogP) is 5.27. The number of pyridine rings is 1. The molecule has 0 radical (unpaired) electrons. The van der Waals surface area contributed by atoms with Crippen LogP contribution in [0.2, 0.25) is 0 Å². The first-order valence-electron chi connectivity index (χ1n) is 10.7. The second kappa shape index (κ2) is 6.94. The zero-order chi connectivity index (χ0) is 21.8. The summed E-state index contributed by atoms with van der Waals surface area (Å²) in [5.74, 6) is -0.0104. The number of carbonyl (C=O) groups is 1. The summed E-state index contributed by atoms with van der Waals surface area (Å²) >= 11 is 0. The SMILES string of the molecule is CC[C@@]1(c2cccc(-c3ccncc3)c2)C2=CN=NC2NC2=C1C(=O)CC(C)(C)[C@@H]2F. The van der Waals surface area contributed by atoms with Gasteiger partial charge in [-0.1, -0.05) is 39.0 Å². The molecule has 0 fully saturated rings. The van der Waals surface area contributed by atoms with Crippen LogP contribution in [0.15, 0.2) is 82.1 Å². The van der Waals surface area contributed by atoms with E-state index in [0.29, 0.717) is 17.7 Å². The molecule has 0 bridgehead atoms. The van der Waals surface area contributed by atoms with Crippen molar-refractivity contribution >= 4 is 5.78 Å². The van der Waals surface area contributed by atoms with Crippen molar-refractivity contribution in [2.45, 2.75) is 51.4 Å². The lowest BCUT2D eigenvalue weighted by Gasteiger charge is -2.49. The van der Waals surface area contributed by atoms with Gasteiger partial charge in [-0.05, 0) is 41.3 Å². The fraction of sp³-hybridized carbons (Fsp3) is 0.360. The number of benzene rings is 1. The van der Waals surface area contributed by atoms with E-state index < -0.39 is 23.2 Å². The molecule has 3 atom stereocenters. The zero-order valence-electron chi connectivity index (χ0n) is 17.9. The number of hydrogen-bond acceptors (Lipinski definition) is 5. The number of hydrogen-bond donors (Lipinski definition) is 1. The predicted molar refractivity (Wildman–Crippen MR) is 117 cm³/mol. The molecule has 1 aromatic heterocycles. The van der Waals surface area contributed by atoms with Gasteiger partial charge in [0.2, 0.25) is 0 Å². The molecule has 31 heavy (non-hydrogen) atoms. The Morgan fingerprint density at radius 2 is 1.94 bits per heavy atom. The van der Waals surface area contributed by atoms with Crippen molar-refractivity contribution in [1.82, 2.24) is 10.3 Å². The van der Waals surface area contributed by atoms with Crippen molar-refractivity contribution < 1.29 is 9.18 Å². The van der Waals surface area contributed by atoms with Crippen LogP contribution in [0.25, 0.3) is 11.1 Å². The highest BCUT2D eigenvalue weighted by atomic mass is 19.1. The minimum absolute atomic E-state index is 0.0104. The number of ketones is 1. The summed E-state index contributed by atoms with van der Waals surface area (Å²) in [4.78, 5) is 17.6. The lowest BCUT2D eigenvalue weighted by Crippen LogP contribution is -2.55. The number of nitrogens with one attached hydrogen (secondary N) is 1. The number of carbonyl (C=O) groups excluding carboxylic acids is 1. The fourth-order valence-corrected chi connectivity index (χ4v) is 5.31. The van der Waals surface area contributed by atoms with Gasteiger partial charge in [-0.3, -0.25) is 9.78 Å². The molecule has 0 saturated carbocycles. The lowest BCUT2D eigenvalue weighted by atomic mass is 9.58. The van der Waals surface area contributed by atoms with Crippen LogP contribution in [0, 0.1) is 5.41 Å². The van der Waals surface area contributed by atoms with E-state index in [0.717, 1.165) is 22.3 Å². The summed E-state index contributed by atoms with van der Waals surface area (Å²) in [6, 6.07) is 12.1. The van der Waals surface area contributed by atoms with E-state index in [1.807, 2.05) is 37.3 Å². The van der Waals surface area contributed by atoms with E-state index in [9.17, 15) is 4.79 Å². The van der Waals surface area contributed by atoms with Crippen LogP contribution in [-0.4, -0.2) is 23.1 Å². The van der Waals surface area contributed by atoms with Gasteiger partial charge in [0.15, 0.2) is 11.9 Å². The molecule has 5 nitrogen and oxygen atoms in total. The second-order valence-corrected chi connectivity index (χ2v) is 9.18. The number of halogens is 1. The maximum atomic E-state index is 15.7. The topological polar surface area (TPSA) is 66.7 Å².